The van der Waals surface area contributed by atoms with Crippen LogP contribution in [0.15, 0.2) is 30.3 Å². The summed E-state index contributed by atoms with van der Waals surface area (Å²) in [5.74, 6) is 0. The third-order valence-corrected chi connectivity index (χ3v) is 9.50. The summed E-state index contributed by atoms with van der Waals surface area (Å²) in [4.78, 5) is 11.2. The van der Waals surface area contributed by atoms with E-state index in [0.29, 0.717) is 19.6 Å². The molecule has 1 rings (SSSR count). The lowest BCUT2D eigenvalue weighted by atomic mass is 9.86. The largest absolute Gasteiger partial charge is 0.413 e. The maximum absolute atomic E-state index is 11.2. The number of ether oxygens (including phenoxy) is 1. The van der Waals surface area contributed by atoms with E-state index in [4.69, 9.17) is 9.16 Å². The molecule has 0 aliphatic heterocycles. The first-order valence-corrected chi connectivity index (χ1v) is 11.6. The SMILES string of the molecule is CC(C)(COCc1ccccc1)[C@H](CC=O)O[Si](C)(C)C(C)(C)C. The molecule has 24 heavy (non-hydrogen) atoms. The Morgan fingerprint density at radius 3 is 2.17 bits per heavy atom. The first kappa shape index (κ1) is 21.1. The summed E-state index contributed by atoms with van der Waals surface area (Å²) < 4.78 is 12.5. The molecule has 1 aromatic rings. The molecule has 0 amide bonds. The van der Waals surface area contributed by atoms with Crippen LogP contribution in [0.1, 0.15) is 46.6 Å². The molecule has 0 fully saturated rings. The van der Waals surface area contributed by atoms with Gasteiger partial charge in [-0.25, -0.2) is 0 Å². The fraction of sp³-hybridized carbons (Fsp3) is 0.650. The molecule has 136 valence electrons. The molecular formula is C20H34O3Si. The highest BCUT2D eigenvalue weighted by molar-refractivity contribution is 6.74. The Morgan fingerprint density at radius 2 is 1.67 bits per heavy atom. The number of carbonyl (C=O) groups is 1. The Labute approximate surface area is 148 Å². The van der Waals surface area contributed by atoms with Crippen molar-refractivity contribution in [1.29, 1.82) is 0 Å². The van der Waals surface area contributed by atoms with Crippen molar-refractivity contribution in [1.82, 2.24) is 0 Å². The zero-order valence-corrected chi connectivity index (χ0v) is 17.4. The average Bonchev–Trinajstić information content (AvgIpc) is 2.46. The maximum atomic E-state index is 11.2. The molecule has 0 heterocycles. The quantitative estimate of drug-likeness (QED) is 0.453. The summed E-state index contributed by atoms with van der Waals surface area (Å²) in [5.41, 5.74) is 0.941. The van der Waals surface area contributed by atoms with E-state index in [1.807, 2.05) is 18.2 Å². The van der Waals surface area contributed by atoms with Crippen molar-refractivity contribution in [3.05, 3.63) is 35.9 Å². The van der Waals surface area contributed by atoms with Gasteiger partial charge in [0.25, 0.3) is 0 Å². The van der Waals surface area contributed by atoms with Gasteiger partial charge < -0.3 is 14.0 Å². The molecular weight excluding hydrogens is 316 g/mol. The zero-order chi connectivity index (χ0) is 18.4. The van der Waals surface area contributed by atoms with Crippen LogP contribution < -0.4 is 0 Å². The molecule has 1 atom stereocenters. The van der Waals surface area contributed by atoms with Crippen LogP contribution in [0.2, 0.25) is 18.1 Å². The fourth-order valence-corrected chi connectivity index (χ4v) is 3.73. The van der Waals surface area contributed by atoms with Crippen LogP contribution in [0, 0.1) is 5.41 Å². The van der Waals surface area contributed by atoms with Gasteiger partial charge >= 0.3 is 0 Å². The summed E-state index contributed by atoms with van der Waals surface area (Å²) in [6.07, 6.45) is 1.26. The highest BCUT2D eigenvalue weighted by atomic mass is 28.4. The van der Waals surface area contributed by atoms with Crippen molar-refractivity contribution < 1.29 is 14.0 Å². The smallest absolute Gasteiger partial charge is 0.192 e. The Kier molecular flexibility index (Phi) is 7.38. The van der Waals surface area contributed by atoms with Gasteiger partial charge in [-0.1, -0.05) is 65.0 Å². The second kappa shape index (κ2) is 8.41. The molecule has 0 aliphatic carbocycles. The summed E-state index contributed by atoms with van der Waals surface area (Å²) in [6, 6.07) is 10.1. The van der Waals surface area contributed by atoms with Crippen molar-refractivity contribution in [2.45, 2.75) is 71.9 Å². The summed E-state index contributed by atoms with van der Waals surface area (Å²) in [6.45, 7) is 16.5. The highest BCUT2D eigenvalue weighted by Gasteiger charge is 2.42. The number of hydrogen-bond acceptors (Lipinski definition) is 3. The van der Waals surface area contributed by atoms with Crippen molar-refractivity contribution in [2.75, 3.05) is 6.61 Å². The van der Waals surface area contributed by atoms with Gasteiger partial charge in [0.15, 0.2) is 8.32 Å². The predicted molar refractivity (Wildman–Crippen MR) is 103 cm³/mol. The molecule has 0 saturated heterocycles. The molecule has 0 aliphatic rings. The summed E-state index contributed by atoms with van der Waals surface area (Å²) in [5, 5.41) is 0.120. The van der Waals surface area contributed by atoms with Crippen molar-refractivity contribution in [3.63, 3.8) is 0 Å². The minimum atomic E-state index is -1.93. The van der Waals surface area contributed by atoms with Gasteiger partial charge in [-0.05, 0) is 23.7 Å². The highest BCUT2D eigenvalue weighted by Crippen LogP contribution is 2.40. The third-order valence-electron chi connectivity index (χ3n) is 5.01. The van der Waals surface area contributed by atoms with Crippen LogP contribution >= 0.6 is 0 Å². The molecule has 0 bridgehead atoms. The molecule has 0 spiro atoms. The first-order valence-electron chi connectivity index (χ1n) is 8.73. The Morgan fingerprint density at radius 1 is 1.08 bits per heavy atom. The summed E-state index contributed by atoms with van der Waals surface area (Å²) in [7, 11) is -1.93. The second-order valence-corrected chi connectivity index (χ2v) is 13.5. The van der Waals surface area contributed by atoms with Gasteiger partial charge in [-0.3, -0.25) is 0 Å². The lowest BCUT2D eigenvalue weighted by molar-refractivity contribution is -0.112. The minimum Gasteiger partial charge on any atom is -0.413 e. The van der Waals surface area contributed by atoms with E-state index in [-0.39, 0.29) is 16.6 Å². The summed E-state index contributed by atoms with van der Waals surface area (Å²) >= 11 is 0. The molecule has 0 radical (unpaired) electrons. The number of hydrogen-bond donors (Lipinski definition) is 0. The number of rotatable bonds is 9. The fourth-order valence-electron chi connectivity index (χ4n) is 2.25. The third kappa shape index (κ3) is 6.15. The van der Waals surface area contributed by atoms with Gasteiger partial charge in [0.2, 0.25) is 0 Å². The Bertz CT molecular complexity index is 503. The zero-order valence-electron chi connectivity index (χ0n) is 16.4. The number of aldehydes is 1. The van der Waals surface area contributed by atoms with Crippen molar-refractivity contribution in [3.8, 4) is 0 Å². The van der Waals surface area contributed by atoms with Crippen LogP contribution in [0.4, 0.5) is 0 Å². The lowest BCUT2D eigenvalue weighted by Crippen LogP contribution is -2.49. The van der Waals surface area contributed by atoms with E-state index in [1.54, 1.807) is 0 Å². The Hall–Kier alpha value is -0.973. The van der Waals surface area contributed by atoms with E-state index < -0.39 is 8.32 Å². The second-order valence-electron chi connectivity index (χ2n) is 8.74. The molecule has 1 aromatic carbocycles. The van der Waals surface area contributed by atoms with Crippen molar-refractivity contribution >= 4 is 14.6 Å². The topological polar surface area (TPSA) is 35.5 Å². The normalized spacial score (nSPS) is 14.5. The lowest BCUT2D eigenvalue weighted by Gasteiger charge is -2.43. The van der Waals surface area contributed by atoms with Gasteiger partial charge in [0, 0.05) is 11.8 Å². The first-order chi connectivity index (χ1) is 11.0. The van der Waals surface area contributed by atoms with E-state index in [1.165, 1.54) is 0 Å². The van der Waals surface area contributed by atoms with Crippen LogP contribution in [-0.2, 0) is 20.6 Å². The number of benzene rings is 1. The monoisotopic (exact) mass is 350 g/mol. The van der Waals surface area contributed by atoms with E-state index in [9.17, 15) is 4.79 Å². The molecule has 0 saturated carbocycles. The van der Waals surface area contributed by atoms with E-state index in [2.05, 4.69) is 59.8 Å². The molecule has 3 nitrogen and oxygen atoms in total. The number of carbonyl (C=O) groups excluding carboxylic acids is 1. The average molecular weight is 351 g/mol. The minimum absolute atomic E-state index is 0.119. The van der Waals surface area contributed by atoms with Crippen LogP contribution in [-0.4, -0.2) is 27.3 Å². The van der Waals surface area contributed by atoms with Gasteiger partial charge in [0.1, 0.15) is 6.29 Å². The Balaban J connectivity index is 2.72. The van der Waals surface area contributed by atoms with Crippen LogP contribution in [0.5, 0.6) is 0 Å². The van der Waals surface area contributed by atoms with Gasteiger partial charge in [0.05, 0.1) is 19.3 Å². The molecule has 4 heteroatoms. The molecule has 0 N–H and O–H groups in total. The van der Waals surface area contributed by atoms with E-state index in [0.717, 1.165) is 11.8 Å². The van der Waals surface area contributed by atoms with Crippen LogP contribution in [0.3, 0.4) is 0 Å². The van der Waals surface area contributed by atoms with Gasteiger partial charge in [-0.2, -0.15) is 0 Å². The van der Waals surface area contributed by atoms with Crippen LogP contribution in [0.25, 0.3) is 0 Å². The van der Waals surface area contributed by atoms with E-state index >= 15 is 0 Å². The molecule has 0 unspecified atom stereocenters. The standard InChI is InChI=1S/C20H34O3Si/c1-19(2,3)24(6,7)23-18(13-14-21)20(4,5)16-22-15-17-11-9-8-10-12-17/h8-12,14,18H,13,15-16H2,1-7H3/t18-/m0/s1. The van der Waals surface area contributed by atoms with Crippen molar-refractivity contribution in [2.24, 2.45) is 5.41 Å². The maximum Gasteiger partial charge on any atom is 0.192 e. The predicted octanol–water partition coefficient (Wildman–Crippen LogP) is 5.21. The van der Waals surface area contributed by atoms with Gasteiger partial charge in [-0.15, -0.1) is 0 Å². The molecule has 0 aromatic heterocycles.